The number of hydrogen-bond donors (Lipinski definition) is 3. The zero-order valence-corrected chi connectivity index (χ0v) is 20.4. The van der Waals surface area contributed by atoms with Crippen LogP contribution in [0.5, 0.6) is 0 Å². The van der Waals surface area contributed by atoms with Gasteiger partial charge in [0.1, 0.15) is 0 Å². The van der Waals surface area contributed by atoms with Crippen LogP contribution in [-0.4, -0.2) is 41.1 Å². The standard InChI is InChI=1S/C24H32N4O5S/c1-18(2)15-22(21(24(30)27-31)13-7-11-19-9-5-4-6-10-19)23(29)26-28(34(3,32)33)17-20-12-8-14-25-16-20/h4-12,14,16,18,21-22,31H,13,15,17H2,1-3H3,(H,26,29)(H,27,30)/t21-,22+/m0/s1. The minimum Gasteiger partial charge on any atom is -0.289 e. The topological polar surface area (TPSA) is 129 Å². The molecule has 0 saturated carbocycles. The molecule has 2 rings (SSSR count). The first-order valence-corrected chi connectivity index (χ1v) is 12.8. The Balaban J connectivity index is 2.28. The van der Waals surface area contributed by atoms with E-state index in [1.165, 1.54) is 6.20 Å². The summed E-state index contributed by atoms with van der Waals surface area (Å²) in [6.07, 6.45) is 8.13. The van der Waals surface area contributed by atoms with Gasteiger partial charge in [0.15, 0.2) is 0 Å². The van der Waals surface area contributed by atoms with Crippen LogP contribution in [0.3, 0.4) is 0 Å². The maximum atomic E-state index is 13.3. The zero-order chi connectivity index (χ0) is 25.1. The summed E-state index contributed by atoms with van der Waals surface area (Å²) < 4.78 is 25.6. The molecular weight excluding hydrogens is 456 g/mol. The van der Waals surface area contributed by atoms with Crippen molar-refractivity contribution in [2.24, 2.45) is 17.8 Å². The Kier molecular flexibility index (Phi) is 10.4. The number of sulfonamides is 1. The van der Waals surface area contributed by atoms with Crippen molar-refractivity contribution in [3.63, 3.8) is 0 Å². The Bertz CT molecular complexity index is 1060. The molecule has 0 unspecified atom stereocenters. The van der Waals surface area contributed by atoms with Crippen LogP contribution in [0.25, 0.3) is 6.08 Å². The highest BCUT2D eigenvalue weighted by Gasteiger charge is 2.35. The molecule has 0 saturated heterocycles. The number of pyridine rings is 1. The smallest absolute Gasteiger partial charge is 0.247 e. The van der Waals surface area contributed by atoms with Crippen molar-refractivity contribution < 1.29 is 23.2 Å². The van der Waals surface area contributed by atoms with Crippen molar-refractivity contribution in [3.05, 3.63) is 72.1 Å². The summed E-state index contributed by atoms with van der Waals surface area (Å²) >= 11 is 0. The number of amides is 2. The number of allylic oxidation sites excluding steroid dienone is 1. The molecule has 2 aromatic rings. The molecule has 1 aromatic carbocycles. The van der Waals surface area contributed by atoms with Crippen LogP contribution < -0.4 is 10.9 Å². The molecule has 2 amide bonds. The third-order valence-corrected chi connectivity index (χ3v) is 6.20. The van der Waals surface area contributed by atoms with E-state index in [1.807, 2.05) is 50.3 Å². The molecule has 1 aromatic heterocycles. The summed E-state index contributed by atoms with van der Waals surface area (Å²) in [7, 11) is -3.81. The Morgan fingerprint density at radius 1 is 1.09 bits per heavy atom. The lowest BCUT2D eigenvalue weighted by Crippen LogP contribution is -2.50. The van der Waals surface area contributed by atoms with Gasteiger partial charge in [-0.3, -0.25) is 25.2 Å². The second kappa shape index (κ2) is 13.0. The van der Waals surface area contributed by atoms with Crippen LogP contribution in [0.2, 0.25) is 0 Å². The number of hydrazine groups is 1. The highest BCUT2D eigenvalue weighted by atomic mass is 32.2. The number of benzene rings is 1. The molecule has 0 bridgehead atoms. The van der Waals surface area contributed by atoms with Crippen molar-refractivity contribution in [2.75, 3.05) is 6.26 Å². The van der Waals surface area contributed by atoms with Crippen LogP contribution >= 0.6 is 0 Å². The number of hydroxylamine groups is 1. The molecule has 0 aliphatic heterocycles. The quantitative estimate of drug-likeness (QED) is 0.311. The molecule has 34 heavy (non-hydrogen) atoms. The van der Waals surface area contributed by atoms with Crippen molar-refractivity contribution in [1.29, 1.82) is 0 Å². The van der Waals surface area contributed by atoms with Crippen LogP contribution in [-0.2, 0) is 26.2 Å². The fourth-order valence-corrected chi connectivity index (χ4v) is 4.16. The van der Waals surface area contributed by atoms with E-state index in [0.29, 0.717) is 12.0 Å². The maximum Gasteiger partial charge on any atom is 0.247 e. The predicted molar refractivity (Wildman–Crippen MR) is 129 cm³/mol. The van der Waals surface area contributed by atoms with Gasteiger partial charge in [-0.05, 0) is 36.0 Å². The first-order chi connectivity index (χ1) is 16.1. The van der Waals surface area contributed by atoms with Gasteiger partial charge in [-0.2, -0.15) is 0 Å². The van der Waals surface area contributed by atoms with Crippen LogP contribution in [0.4, 0.5) is 0 Å². The summed E-state index contributed by atoms with van der Waals surface area (Å²) in [5, 5.41) is 9.32. The number of carbonyl (C=O) groups is 2. The lowest BCUT2D eigenvalue weighted by molar-refractivity contribution is -0.142. The number of hydrogen-bond acceptors (Lipinski definition) is 6. The third-order valence-electron chi connectivity index (χ3n) is 5.18. The molecule has 3 N–H and O–H groups in total. The van der Waals surface area contributed by atoms with Crippen molar-refractivity contribution in [1.82, 2.24) is 20.3 Å². The Morgan fingerprint density at radius 3 is 2.35 bits per heavy atom. The Hall–Kier alpha value is -3.08. The van der Waals surface area contributed by atoms with E-state index in [0.717, 1.165) is 16.2 Å². The van der Waals surface area contributed by atoms with E-state index >= 15 is 0 Å². The first-order valence-electron chi connectivity index (χ1n) is 10.9. The SMILES string of the molecule is CC(C)C[C@@H](C(=O)NN(Cc1cccnc1)S(C)(=O)=O)[C@H](CC=Cc1ccccc1)C(=O)NO. The van der Waals surface area contributed by atoms with Gasteiger partial charge in [0.05, 0.1) is 24.6 Å². The molecule has 0 fully saturated rings. The lowest BCUT2D eigenvalue weighted by Gasteiger charge is -2.28. The van der Waals surface area contributed by atoms with Gasteiger partial charge in [0.2, 0.25) is 21.8 Å². The first kappa shape index (κ1) is 27.2. The average Bonchev–Trinajstić information content (AvgIpc) is 2.80. The summed E-state index contributed by atoms with van der Waals surface area (Å²) in [6, 6.07) is 12.8. The van der Waals surface area contributed by atoms with Gasteiger partial charge in [-0.25, -0.2) is 13.9 Å². The number of rotatable bonds is 12. The largest absolute Gasteiger partial charge is 0.289 e. The van der Waals surface area contributed by atoms with E-state index in [2.05, 4.69) is 10.4 Å². The molecule has 184 valence electrons. The minimum absolute atomic E-state index is 0.0350. The second-order valence-corrected chi connectivity index (χ2v) is 10.4. The summed E-state index contributed by atoms with van der Waals surface area (Å²) in [4.78, 5) is 29.8. The average molecular weight is 489 g/mol. The normalized spacial score (nSPS) is 13.7. The summed E-state index contributed by atoms with van der Waals surface area (Å²) in [6.45, 7) is 3.69. The van der Waals surface area contributed by atoms with E-state index in [4.69, 9.17) is 0 Å². The van der Waals surface area contributed by atoms with Crippen LogP contribution in [0.15, 0.2) is 60.9 Å². The molecule has 0 radical (unpaired) electrons. The van der Waals surface area contributed by atoms with Gasteiger partial charge in [-0.1, -0.05) is 62.4 Å². The predicted octanol–water partition coefficient (Wildman–Crippen LogP) is 2.76. The summed E-state index contributed by atoms with van der Waals surface area (Å²) in [5.41, 5.74) is 5.64. The Labute approximate surface area is 200 Å². The Morgan fingerprint density at radius 2 is 1.79 bits per heavy atom. The van der Waals surface area contributed by atoms with Gasteiger partial charge < -0.3 is 0 Å². The molecule has 9 nitrogen and oxygen atoms in total. The van der Waals surface area contributed by atoms with Gasteiger partial charge in [0.25, 0.3) is 0 Å². The van der Waals surface area contributed by atoms with Crippen molar-refractivity contribution in [2.45, 2.75) is 33.2 Å². The number of nitrogens with zero attached hydrogens (tertiary/aromatic N) is 2. The molecule has 0 aliphatic carbocycles. The molecule has 0 spiro atoms. The molecular formula is C24H32N4O5S. The minimum atomic E-state index is -3.81. The molecule has 2 atom stereocenters. The highest BCUT2D eigenvalue weighted by Crippen LogP contribution is 2.26. The van der Waals surface area contributed by atoms with Crippen LogP contribution in [0, 0.1) is 17.8 Å². The van der Waals surface area contributed by atoms with E-state index < -0.39 is 33.7 Å². The van der Waals surface area contributed by atoms with Crippen molar-refractivity contribution >= 4 is 27.9 Å². The molecule has 10 heteroatoms. The highest BCUT2D eigenvalue weighted by molar-refractivity contribution is 7.88. The van der Waals surface area contributed by atoms with Gasteiger partial charge in [-0.15, -0.1) is 4.41 Å². The number of carbonyl (C=O) groups excluding carboxylic acids is 2. The third kappa shape index (κ3) is 8.69. The molecule has 1 heterocycles. The fraction of sp³-hybridized carbons (Fsp3) is 0.375. The number of nitrogens with one attached hydrogen (secondary N) is 2. The fourth-order valence-electron chi connectivity index (χ4n) is 3.52. The van der Waals surface area contributed by atoms with Crippen molar-refractivity contribution in [3.8, 4) is 0 Å². The summed E-state index contributed by atoms with van der Waals surface area (Å²) in [5.74, 6) is -3.09. The van der Waals surface area contributed by atoms with Crippen LogP contribution in [0.1, 0.15) is 37.8 Å². The monoisotopic (exact) mass is 488 g/mol. The van der Waals surface area contributed by atoms with Gasteiger partial charge in [0, 0.05) is 12.4 Å². The zero-order valence-electron chi connectivity index (χ0n) is 19.6. The van der Waals surface area contributed by atoms with E-state index in [1.54, 1.807) is 29.9 Å². The second-order valence-electron chi connectivity index (χ2n) is 8.47. The maximum absolute atomic E-state index is 13.3. The number of aromatic nitrogens is 1. The van der Waals surface area contributed by atoms with Gasteiger partial charge >= 0.3 is 0 Å². The lowest BCUT2D eigenvalue weighted by atomic mass is 9.82. The van der Waals surface area contributed by atoms with E-state index in [-0.39, 0.29) is 18.9 Å². The van der Waals surface area contributed by atoms with E-state index in [9.17, 15) is 23.2 Å². The molecule has 0 aliphatic rings.